The normalized spacial score (nSPS) is 17.3. The van der Waals surface area contributed by atoms with Gasteiger partial charge in [-0.1, -0.05) is 13.2 Å². The Morgan fingerprint density at radius 3 is 1.74 bits per heavy atom. The van der Waals surface area contributed by atoms with Gasteiger partial charge in [0.1, 0.15) is 12.7 Å². The van der Waals surface area contributed by atoms with Crippen LogP contribution in [0.25, 0.3) is 0 Å². The predicted molar refractivity (Wildman–Crippen MR) is 80.6 cm³/mol. The Kier molecular flexibility index (Phi) is 11.4. The van der Waals surface area contributed by atoms with Crippen molar-refractivity contribution in [2.45, 2.75) is 26.9 Å². The van der Waals surface area contributed by atoms with E-state index in [9.17, 15) is 19.2 Å². The Bertz CT molecular complexity index is 468. The van der Waals surface area contributed by atoms with Crippen molar-refractivity contribution in [1.29, 1.82) is 0 Å². The maximum absolute atomic E-state index is 10.7. The number of aliphatic carboxylic acids is 2. The van der Waals surface area contributed by atoms with E-state index in [1.807, 2.05) is 0 Å². The predicted octanol–water partition coefficient (Wildman–Crippen LogP) is 1.33. The average molecular weight is 328 g/mol. The summed E-state index contributed by atoms with van der Waals surface area (Å²) in [5.74, 6) is -2.88. The number of cyclic esters (lactones) is 2. The minimum atomic E-state index is -0.935. The Labute approximate surface area is 133 Å². The van der Waals surface area contributed by atoms with Gasteiger partial charge in [0, 0.05) is 23.3 Å². The van der Waals surface area contributed by atoms with Crippen molar-refractivity contribution in [2.24, 2.45) is 0 Å². The van der Waals surface area contributed by atoms with Crippen molar-refractivity contribution in [3.05, 3.63) is 36.5 Å². The van der Waals surface area contributed by atoms with Crippen molar-refractivity contribution >= 4 is 23.9 Å². The lowest BCUT2D eigenvalue weighted by molar-refractivity contribution is -0.153. The summed E-state index contributed by atoms with van der Waals surface area (Å²) in [6.07, 6.45) is 1.74. The molecule has 8 nitrogen and oxygen atoms in total. The maximum Gasteiger partial charge on any atom is 0.331 e. The summed E-state index contributed by atoms with van der Waals surface area (Å²) in [6.45, 7) is 11.0. The lowest BCUT2D eigenvalue weighted by Gasteiger charge is -2.13. The first-order chi connectivity index (χ1) is 10.5. The number of hydrogen-bond donors (Lipinski definition) is 2. The zero-order chi connectivity index (χ0) is 18.6. The molecular formula is C15H20O8. The lowest BCUT2D eigenvalue weighted by Crippen LogP contribution is -2.23. The summed E-state index contributed by atoms with van der Waals surface area (Å²) in [4.78, 5) is 40.5. The van der Waals surface area contributed by atoms with Crippen LogP contribution in [-0.4, -0.2) is 46.8 Å². The fraction of sp³-hybridized carbons (Fsp3) is 0.333. The van der Waals surface area contributed by atoms with Crippen LogP contribution in [0.4, 0.5) is 0 Å². The van der Waals surface area contributed by atoms with Gasteiger partial charge in [0.05, 0.1) is 0 Å². The highest BCUT2D eigenvalue weighted by Gasteiger charge is 2.12. The van der Waals surface area contributed by atoms with Gasteiger partial charge in [-0.3, -0.25) is 0 Å². The van der Waals surface area contributed by atoms with Gasteiger partial charge >= 0.3 is 23.9 Å². The Morgan fingerprint density at radius 1 is 1.04 bits per heavy atom. The zero-order valence-corrected chi connectivity index (χ0v) is 13.2. The van der Waals surface area contributed by atoms with Crippen LogP contribution in [0.15, 0.2) is 36.5 Å². The van der Waals surface area contributed by atoms with Crippen LogP contribution in [0.2, 0.25) is 0 Å². The number of esters is 2. The fourth-order valence-electron chi connectivity index (χ4n) is 0.655. The number of rotatable bonds is 2. The molecule has 0 radical (unpaired) electrons. The third-order valence-electron chi connectivity index (χ3n) is 1.86. The summed E-state index contributed by atoms with van der Waals surface area (Å²) in [5, 5.41) is 15.8. The molecule has 1 aliphatic heterocycles. The molecule has 0 spiro atoms. The van der Waals surface area contributed by atoms with Crippen LogP contribution in [0.1, 0.15) is 20.8 Å². The molecule has 23 heavy (non-hydrogen) atoms. The molecule has 1 aliphatic rings. The van der Waals surface area contributed by atoms with Gasteiger partial charge in [-0.2, -0.15) is 0 Å². The molecule has 0 saturated carbocycles. The second-order valence-corrected chi connectivity index (χ2v) is 4.38. The van der Waals surface area contributed by atoms with Crippen molar-refractivity contribution in [3.8, 4) is 0 Å². The van der Waals surface area contributed by atoms with Crippen molar-refractivity contribution in [3.63, 3.8) is 0 Å². The van der Waals surface area contributed by atoms with E-state index in [0.717, 1.165) is 12.2 Å². The number of carbonyl (C=O) groups excluding carboxylic acids is 2. The lowest BCUT2D eigenvalue weighted by atomic mass is 10.4. The Morgan fingerprint density at radius 2 is 1.39 bits per heavy atom. The van der Waals surface area contributed by atoms with Crippen LogP contribution in [-0.2, 0) is 28.7 Å². The molecule has 0 saturated heterocycles. The molecule has 0 aliphatic carbocycles. The quantitative estimate of drug-likeness (QED) is 0.574. The third-order valence-corrected chi connectivity index (χ3v) is 1.86. The van der Waals surface area contributed by atoms with E-state index in [2.05, 4.69) is 17.9 Å². The van der Waals surface area contributed by atoms with Gasteiger partial charge in [-0.25, -0.2) is 19.2 Å². The summed E-state index contributed by atoms with van der Waals surface area (Å²) in [5.41, 5.74) is 0.352. The molecule has 0 fully saturated rings. The van der Waals surface area contributed by atoms with Crippen LogP contribution in [0, 0.1) is 0 Å². The molecule has 2 N–H and O–H groups in total. The smallest absolute Gasteiger partial charge is 0.331 e. The average Bonchev–Trinajstić information content (AvgIpc) is 2.42. The number of hydrogen-bond acceptors (Lipinski definition) is 6. The largest absolute Gasteiger partial charge is 0.478 e. The van der Waals surface area contributed by atoms with Crippen molar-refractivity contribution < 1.29 is 38.9 Å². The number of carboxylic acids is 2. The van der Waals surface area contributed by atoms with E-state index in [1.54, 1.807) is 6.92 Å². The second-order valence-electron chi connectivity index (χ2n) is 4.38. The van der Waals surface area contributed by atoms with E-state index in [4.69, 9.17) is 14.9 Å². The molecule has 0 bridgehead atoms. The second kappa shape index (κ2) is 11.7. The molecule has 0 aromatic rings. The fourth-order valence-corrected chi connectivity index (χ4v) is 0.655. The van der Waals surface area contributed by atoms with Crippen LogP contribution in [0.5, 0.6) is 0 Å². The molecule has 1 unspecified atom stereocenters. The summed E-state index contributed by atoms with van der Waals surface area (Å²) in [7, 11) is 0. The molecule has 0 aromatic heterocycles. The highest BCUT2D eigenvalue weighted by Crippen LogP contribution is 1.98. The zero-order valence-electron chi connectivity index (χ0n) is 13.2. The maximum atomic E-state index is 10.7. The monoisotopic (exact) mass is 328 g/mol. The first kappa shape index (κ1) is 22.4. The molecule has 0 aromatic carbocycles. The minimum absolute atomic E-state index is 0.120. The molecule has 8 heteroatoms. The van der Waals surface area contributed by atoms with E-state index in [0.29, 0.717) is 0 Å². The van der Waals surface area contributed by atoms with E-state index >= 15 is 0 Å². The van der Waals surface area contributed by atoms with Gasteiger partial charge in [-0.15, -0.1) is 0 Å². The standard InChI is InChI=1S/C7H8O4.2C4H6O2/c1-5-4-10-6(8)2-3-7(9)11-5;2*1-3(2)4(5)6/h2-3,5H,4H2,1H3;2*1H2,2H3,(H,5,6)/b3-2+;;. The van der Waals surface area contributed by atoms with Crippen molar-refractivity contribution in [2.75, 3.05) is 6.61 Å². The summed E-state index contributed by atoms with van der Waals surface area (Å²) >= 11 is 0. The Balaban J connectivity index is 0. The van der Waals surface area contributed by atoms with E-state index in [1.165, 1.54) is 13.8 Å². The van der Waals surface area contributed by atoms with Crippen LogP contribution >= 0.6 is 0 Å². The number of carboxylic acid groups (broad SMARTS) is 2. The van der Waals surface area contributed by atoms with Gasteiger partial charge in [0.25, 0.3) is 0 Å². The first-order valence-electron chi connectivity index (χ1n) is 6.30. The first-order valence-corrected chi connectivity index (χ1v) is 6.30. The highest BCUT2D eigenvalue weighted by molar-refractivity contribution is 5.92. The van der Waals surface area contributed by atoms with Gasteiger partial charge in [0.15, 0.2) is 0 Å². The number of carbonyl (C=O) groups is 4. The highest BCUT2D eigenvalue weighted by atomic mass is 16.6. The summed E-state index contributed by atoms with van der Waals surface area (Å²) in [6, 6.07) is 0. The number of ether oxygens (including phenoxy) is 2. The van der Waals surface area contributed by atoms with Crippen LogP contribution in [0.3, 0.4) is 0 Å². The van der Waals surface area contributed by atoms with E-state index < -0.39 is 23.9 Å². The van der Waals surface area contributed by atoms with E-state index in [-0.39, 0.29) is 23.9 Å². The molecular weight excluding hydrogens is 308 g/mol. The van der Waals surface area contributed by atoms with Crippen molar-refractivity contribution in [1.82, 2.24) is 0 Å². The molecule has 1 rings (SSSR count). The molecule has 128 valence electrons. The molecule has 1 heterocycles. The third kappa shape index (κ3) is 15.3. The van der Waals surface area contributed by atoms with Gasteiger partial charge in [-0.05, 0) is 20.8 Å². The minimum Gasteiger partial charge on any atom is -0.478 e. The summed E-state index contributed by atoms with van der Waals surface area (Å²) < 4.78 is 9.38. The molecule has 0 amide bonds. The Hall–Kier alpha value is -2.90. The SMILES string of the molecule is C=C(C)C(=O)O.C=C(C)C(=O)O.CC1COC(=O)/C=C/C(=O)O1. The van der Waals surface area contributed by atoms with Gasteiger partial charge < -0.3 is 19.7 Å². The van der Waals surface area contributed by atoms with Gasteiger partial charge in [0.2, 0.25) is 0 Å². The van der Waals surface area contributed by atoms with Crippen LogP contribution < -0.4 is 0 Å². The topological polar surface area (TPSA) is 127 Å². The molecule has 1 atom stereocenters.